The van der Waals surface area contributed by atoms with Crippen molar-refractivity contribution in [3.63, 3.8) is 0 Å². The summed E-state index contributed by atoms with van der Waals surface area (Å²) in [5.74, 6) is 0. The van der Waals surface area contributed by atoms with Gasteiger partial charge >= 0.3 is 0 Å². The Kier molecular flexibility index (Phi) is 8.95. The minimum absolute atomic E-state index is 1.09. The summed E-state index contributed by atoms with van der Waals surface area (Å²) in [5.41, 5.74) is 15.1. The van der Waals surface area contributed by atoms with Crippen LogP contribution in [0, 0.1) is 0 Å². The van der Waals surface area contributed by atoms with Crippen LogP contribution in [-0.4, -0.2) is 0 Å². The Morgan fingerprint density at radius 2 is 0.702 bits per heavy atom. The van der Waals surface area contributed by atoms with Crippen LogP contribution in [0.5, 0.6) is 0 Å². The molecule has 10 rings (SSSR count). The van der Waals surface area contributed by atoms with Gasteiger partial charge in [-0.05, 0) is 114 Å². The van der Waals surface area contributed by atoms with Crippen molar-refractivity contribution < 1.29 is 0 Å². The van der Waals surface area contributed by atoms with E-state index in [0.29, 0.717) is 0 Å². The molecule has 0 heterocycles. The molecule has 0 spiro atoms. The third kappa shape index (κ3) is 6.66. The first-order valence-electron chi connectivity index (χ1n) is 19.6. The highest BCUT2D eigenvalue weighted by atomic mass is 15.1. The van der Waals surface area contributed by atoms with Gasteiger partial charge in [0.15, 0.2) is 0 Å². The van der Waals surface area contributed by atoms with Crippen LogP contribution in [0.4, 0.5) is 17.1 Å². The largest absolute Gasteiger partial charge is 0.310 e. The summed E-state index contributed by atoms with van der Waals surface area (Å²) >= 11 is 0. The molecule has 0 saturated carbocycles. The van der Waals surface area contributed by atoms with Gasteiger partial charge in [0, 0.05) is 16.9 Å². The lowest BCUT2D eigenvalue weighted by Gasteiger charge is -2.29. The van der Waals surface area contributed by atoms with Gasteiger partial charge in [-0.2, -0.15) is 0 Å². The average Bonchev–Trinajstić information content (AvgIpc) is 3.29. The van der Waals surface area contributed by atoms with E-state index < -0.39 is 0 Å². The van der Waals surface area contributed by atoms with E-state index in [0.717, 1.165) is 22.6 Å². The van der Waals surface area contributed by atoms with Crippen LogP contribution in [-0.2, 0) is 0 Å². The summed E-state index contributed by atoms with van der Waals surface area (Å²) in [6.07, 6.45) is 0. The van der Waals surface area contributed by atoms with Crippen LogP contribution in [0.15, 0.2) is 237 Å². The van der Waals surface area contributed by atoms with E-state index in [4.69, 9.17) is 0 Å². The normalized spacial score (nSPS) is 11.2. The number of para-hydroxylation sites is 1. The van der Waals surface area contributed by atoms with Crippen LogP contribution in [0.25, 0.3) is 77.2 Å². The lowest BCUT2D eigenvalue weighted by molar-refractivity contribution is 1.29. The monoisotopic (exact) mass is 725 g/mol. The first-order chi connectivity index (χ1) is 28.3. The second kappa shape index (κ2) is 15.0. The Labute approximate surface area is 334 Å². The zero-order chi connectivity index (χ0) is 38.0. The minimum Gasteiger partial charge on any atom is -0.310 e. The summed E-state index contributed by atoms with van der Waals surface area (Å²) < 4.78 is 0. The van der Waals surface area contributed by atoms with Gasteiger partial charge in [-0.1, -0.05) is 194 Å². The summed E-state index contributed by atoms with van der Waals surface area (Å²) in [5, 5.41) is 4.90. The van der Waals surface area contributed by atoms with Gasteiger partial charge in [-0.3, -0.25) is 0 Å². The van der Waals surface area contributed by atoms with Crippen LogP contribution < -0.4 is 4.90 Å². The molecule has 1 nitrogen and oxygen atoms in total. The summed E-state index contributed by atoms with van der Waals surface area (Å²) in [4.78, 5) is 2.43. The summed E-state index contributed by atoms with van der Waals surface area (Å²) in [6, 6.07) is 85.9. The predicted octanol–water partition coefficient (Wildman–Crippen LogP) is 15.8. The van der Waals surface area contributed by atoms with Crippen LogP contribution in [0.3, 0.4) is 0 Å². The Hall–Kier alpha value is -7.48. The molecule has 10 aromatic rings. The van der Waals surface area contributed by atoms with Gasteiger partial charge in [0.05, 0.1) is 5.69 Å². The van der Waals surface area contributed by atoms with Gasteiger partial charge < -0.3 is 4.90 Å². The molecule has 10 aromatic carbocycles. The van der Waals surface area contributed by atoms with E-state index >= 15 is 0 Å². The number of hydrogen-bond acceptors (Lipinski definition) is 1. The van der Waals surface area contributed by atoms with E-state index in [1.807, 2.05) is 0 Å². The van der Waals surface area contributed by atoms with E-state index in [-0.39, 0.29) is 0 Å². The molecule has 0 aromatic heterocycles. The van der Waals surface area contributed by atoms with Crippen molar-refractivity contribution in [1.29, 1.82) is 0 Å². The predicted molar refractivity (Wildman–Crippen MR) is 243 cm³/mol. The number of rotatable bonds is 8. The number of anilines is 3. The molecule has 0 N–H and O–H groups in total. The first-order valence-corrected chi connectivity index (χ1v) is 19.6. The van der Waals surface area contributed by atoms with Crippen molar-refractivity contribution in [1.82, 2.24) is 0 Å². The number of nitrogens with zero attached hydrogens (tertiary/aromatic N) is 1. The SMILES string of the molecule is c1ccc(-c2ccc(-c3ccccc3N(c3cccc(-c4ccc5ccccc5c4)c3)c3ccc4ccccc4c3)c(-c3ccccc3-c3ccccc3)c2)cc1. The van der Waals surface area contributed by atoms with Crippen molar-refractivity contribution in [2.45, 2.75) is 0 Å². The molecule has 0 fully saturated rings. The van der Waals surface area contributed by atoms with Gasteiger partial charge in [-0.15, -0.1) is 0 Å². The highest BCUT2D eigenvalue weighted by molar-refractivity contribution is 6.00. The maximum absolute atomic E-state index is 2.43. The molecular formula is C56H39N. The fraction of sp³-hybridized carbons (Fsp3) is 0. The fourth-order valence-corrected chi connectivity index (χ4v) is 8.23. The topological polar surface area (TPSA) is 3.24 Å². The highest BCUT2D eigenvalue weighted by Crippen LogP contribution is 2.47. The number of benzene rings is 10. The number of fused-ring (bicyclic) bond motifs is 2. The van der Waals surface area contributed by atoms with Gasteiger partial charge in [0.25, 0.3) is 0 Å². The Bertz CT molecular complexity index is 3020. The lowest BCUT2D eigenvalue weighted by Crippen LogP contribution is -2.11. The van der Waals surface area contributed by atoms with Crippen molar-refractivity contribution in [3.05, 3.63) is 237 Å². The zero-order valence-electron chi connectivity index (χ0n) is 31.5. The van der Waals surface area contributed by atoms with Gasteiger partial charge in [0.1, 0.15) is 0 Å². The summed E-state index contributed by atoms with van der Waals surface area (Å²) in [6.45, 7) is 0. The van der Waals surface area contributed by atoms with Crippen molar-refractivity contribution in [3.8, 4) is 55.6 Å². The molecule has 268 valence electrons. The second-order valence-corrected chi connectivity index (χ2v) is 14.5. The van der Waals surface area contributed by atoms with Crippen LogP contribution in [0.2, 0.25) is 0 Å². The lowest BCUT2D eigenvalue weighted by atomic mass is 9.86. The summed E-state index contributed by atoms with van der Waals surface area (Å²) in [7, 11) is 0. The van der Waals surface area contributed by atoms with Crippen molar-refractivity contribution in [2.24, 2.45) is 0 Å². The molecule has 0 saturated heterocycles. The Balaban J connectivity index is 1.20. The molecule has 0 radical (unpaired) electrons. The maximum atomic E-state index is 2.43. The van der Waals surface area contributed by atoms with Gasteiger partial charge in [0.2, 0.25) is 0 Å². The zero-order valence-corrected chi connectivity index (χ0v) is 31.5. The smallest absolute Gasteiger partial charge is 0.0540 e. The standard InChI is InChI=1S/C56H39N/c1-3-16-40(17-4-1)48-33-35-53(55(39-48)52-27-12-11-26-51(52)43-20-5-2-6-21-43)54-28-13-14-29-56(54)57(50-34-32-42-19-8-10-23-45(42)37-50)49-25-15-24-46(38-49)47-31-30-41-18-7-9-22-44(41)36-47/h1-39H. The van der Waals surface area contributed by atoms with E-state index in [1.165, 1.54) is 71.6 Å². The van der Waals surface area contributed by atoms with E-state index in [2.05, 4.69) is 241 Å². The van der Waals surface area contributed by atoms with Crippen LogP contribution in [0.1, 0.15) is 0 Å². The molecule has 0 atom stereocenters. The molecule has 0 amide bonds. The molecule has 0 aliphatic rings. The quantitative estimate of drug-likeness (QED) is 0.151. The number of hydrogen-bond donors (Lipinski definition) is 0. The Morgan fingerprint density at radius 3 is 1.46 bits per heavy atom. The molecule has 57 heavy (non-hydrogen) atoms. The second-order valence-electron chi connectivity index (χ2n) is 14.5. The third-order valence-corrected chi connectivity index (χ3v) is 11.0. The van der Waals surface area contributed by atoms with Crippen LogP contribution >= 0.6 is 0 Å². The van der Waals surface area contributed by atoms with Crippen molar-refractivity contribution >= 4 is 38.6 Å². The molecule has 1 heteroatoms. The van der Waals surface area contributed by atoms with Gasteiger partial charge in [-0.25, -0.2) is 0 Å². The fourth-order valence-electron chi connectivity index (χ4n) is 8.23. The average molecular weight is 726 g/mol. The molecule has 0 aliphatic carbocycles. The van der Waals surface area contributed by atoms with E-state index in [1.54, 1.807) is 0 Å². The molecular weight excluding hydrogens is 687 g/mol. The molecule has 0 unspecified atom stereocenters. The minimum atomic E-state index is 1.09. The van der Waals surface area contributed by atoms with Crippen molar-refractivity contribution in [2.75, 3.05) is 4.90 Å². The Morgan fingerprint density at radius 1 is 0.211 bits per heavy atom. The first kappa shape index (κ1) is 34.0. The third-order valence-electron chi connectivity index (χ3n) is 11.0. The molecule has 0 bridgehead atoms. The highest BCUT2D eigenvalue weighted by Gasteiger charge is 2.21. The van der Waals surface area contributed by atoms with E-state index in [9.17, 15) is 0 Å². The maximum Gasteiger partial charge on any atom is 0.0540 e. The molecule has 0 aliphatic heterocycles.